The first-order chi connectivity index (χ1) is 6.10. The summed E-state index contributed by atoms with van der Waals surface area (Å²) in [6, 6.07) is 0. The Morgan fingerprint density at radius 2 is 2.23 bits per heavy atom. The Labute approximate surface area is 81.4 Å². The standard InChI is InChI=1S/C10H22N3/c1-4-5-8-13(3)9-6-7-12(2)10(13)11/h11H,4-9H2,1-3H3/q+1. The Morgan fingerprint density at radius 1 is 1.54 bits per heavy atom. The van der Waals surface area contributed by atoms with E-state index in [0.717, 1.165) is 30.1 Å². The Morgan fingerprint density at radius 3 is 2.85 bits per heavy atom. The zero-order valence-electron chi connectivity index (χ0n) is 9.14. The Hall–Kier alpha value is -0.570. The third-order valence-corrected chi connectivity index (χ3v) is 3.02. The second-order valence-electron chi connectivity index (χ2n) is 4.30. The molecule has 0 bridgehead atoms. The van der Waals surface area contributed by atoms with E-state index in [1.54, 1.807) is 0 Å². The molecule has 1 unspecified atom stereocenters. The van der Waals surface area contributed by atoms with E-state index in [-0.39, 0.29) is 0 Å². The Bertz CT molecular complexity index is 191. The summed E-state index contributed by atoms with van der Waals surface area (Å²) in [5.74, 6) is 0.791. The summed E-state index contributed by atoms with van der Waals surface area (Å²) in [5, 5.41) is 8.03. The summed E-state index contributed by atoms with van der Waals surface area (Å²) in [7, 11) is 4.22. The van der Waals surface area contributed by atoms with Gasteiger partial charge < -0.3 is 4.90 Å². The molecular weight excluding hydrogens is 162 g/mol. The molecule has 1 aliphatic rings. The van der Waals surface area contributed by atoms with Crippen molar-refractivity contribution in [2.75, 3.05) is 33.7 Å². The maximum atomic E-state index is 8.03. The van der Waals surface area contributed by atoms with Crippen LogP contribution in [0.3, 0.4) is 0 Å². The average molecular weight is 184 g/mol. The topological polar surface area (TPSA) is 27.1 Å². The molecule has 0 aromatic rings. The van der Waals surface area contributed by atoms with E-state index in [2.05, 4.69) is 18.9 Å². The van der Waals surface area contributed by atoms with Crippen molar-refractivity contribution in [1.82, 2.24) is 4.90 Å². The molecule has 1 heterocycles. The molecule has 1 rings (SSSR count). The van der Waals surface area contributed by atoms with Crippen molar-refractivity contribution in [3.63, 3.8) is 0 Å². The van der Waals surface area contributed by atoms with Crippen LogP contribution in [0.25, 0.3) is 0 Å². The van der Waals surface area contributed by atoms with Gasteiger partial charge in [0.05, 0.1) is 20.1 Å². The van der Waals surface area contributed by atoms with Crippen molar-refractivity contribution >= 4 is 5.96 Å². The molecule has 1 saturated heterocycles. The fourth-order valence-corrected chi connectivity index (χ4v) is 2.01. The fourth-order valence-electron chi connectivity index (χ4n) is 2.01. The first-order valence-corrected chi connectivity index (χ1v) is 5.25. The predicted molar refractivity (Wildman–Crippen MR) is 55.8 cm³/mol. The van der Waals surface area contributed by atoms with E-state index >= 15 is 0 Å². The number of unbranched alkanes of at least 4 members (excludes halogenated alkanes) is 1. The average Bonchev–Trinajstić information content (AvgIpc) is 2.11. The van der Waals surface area contributed by atoms with Crippen molar-refractivity contribution in [2.45, 2.75) is 26.2 Å². The van der Waals surface area contributed by atoms with Crippen molar-refractivity contribution in [2.24, 2.45) is 0 Å². The maximum absolute atomic E-state index is 8.03. The molecule has 0 aromatic carbocycles. The molecule has 76 valence electrons. The highest BCUT2D eigenvalue weighted by atomic mass is 15.5. The number of nitrogens with one attached hydrogen (secondary N) is 1. The zero-order valence-corrected chi connectivity index (χ0v) is 9.14. The number of guanidine groups is 1. The smallest absolute Gasteiger partial charge is 0.296 e. The third kappa shape index (κ3) is 2.21. The zero-order chi connectivity index (χ0) is 9.90. The number of nitrogens with zero attached hydrogens (tertiary/aromatic N) is 2. The van der Waals surface area contributed by atoms with E-state index in [1.807, 2.05) is 7.05 Å². The molecule has 3 heteroatoms. The van der Waals surface area contributed by atoms with Crippen molar-refractivity contribution in [3.8, 4) is 0 Å². The molecule has 0 amide bonds. The molecule has 0 radical (unpaired) electrons. The summed E-state index contributed by atoms with van der Waals surface area (Å²) in [6.45, 7) is 5.53. The van der Waals surface area contributed by atoms with E-state index in [1.165, 1.54) is 19.3 Å². The molecule has 0 aliphatic carbocycles. The number of hydrogen-bond donors (Lipinski definition) is 1. The minimum Gasteiger partial charge on any atom is -0.314 e. The highest BCUT2D eigenvalue weighted by Crippen LogP contribution is 2.15. The van der Waals surface area contributed by atoms with Gasteiger partial charge in [-0.3, -0.25) is 4.48 Å². The first-order valence-electron chi connectivity index (χ1n) is 5.25. The van der Waals surface area contributed by atoms with E-state index in [9.17, 15) is 0 Å². The lowest BCUT2D eigenvalue weighted by Gasteiger charge is -2.41. The fraction of sp³-hybridized carbons (Fsp3) is 0.900. The lowest BCUT2D eigenvalue weighted by molar-refractivity contribution is -0.831. The van der Waals surface area contributed by atoms with Gasteiger partial charge in [0.25, 0.3) is 5.96 Å². The molecule has 1 aliphatic heterocycles. The van der Waals surface area contributed by atoms with Crippen LogP contribution in [0.4, 0.5) is 0 Å². The summed E-state index contributed by atoms with van der Waals surface area (Å²) < 4.78 is 0.838. The second kappa shape index (κ2) is 4.09. The minimum absolute atomic E-state index is 0.791. The van der Waals surface area contributed by atoms with Crippen LogP contribution in [-0.4, -0.2) is 49.1 Å². The van der Waals surface area contributed by atoms with Gasteiger partial charge in [-0.1, -0.05) is 13.3 Å². The van der Waals surface area contributed by atoms with Crippen LogP contribution < -0.4 is 0 Å². The van der Waals surface area contributed by atoms with E-state index in [0.29, 0.717) is 0 Å². The van der Waals surface area contributed by atoms with Crippen LogP contribution >= 0.6 is 0 Å². The van der Waals surface area contributed by atoms with Crippen molar-refractivity contribution < 1.29 is 4.48 Å². The summed E-state index contributed by atoms with van der Waals surface area (Å²) in [5.41, 5.74) is 0. The molecular formula is C10H22N3+. The van der Waals surface area contributed by atoms with Crippen LogP contribution in [-0.2, 0) is 0 Å². The Kier molecular flexibility index (Phi) is 3.31. The van der Waals surface area contributed by atoms with Gasteiger partial charge in [0.2, 0.25) is 0 Å². The summed E-state index contributed by atoms with van der Waals surface area (Å²) >= 11 is 0. The van der Waals surface area contributed by atoms with Gasteiger partial charge in [-0.2, -0.15) is 0 Å². The van der Waals surface area contributed by atoms with E-state index in [4.69, 9.17) is 5.41 Å². The van der Waals surface area contributed by atoms with Crippen LogP contribution in [0.2, 0.25) is 0 Å². The highest BCUT2D eigenvalue weighted by molar-refractivity contribution is 5.69. The molecule has 0 saturated carbocycles. The van der Waals surface area contributed by atoms with Gasteiger partial charge in [0.15, 0.2) is 0 Å². The molecule has 0 spiro atoms. The SMILES string of the molecule is CCCC[N+]1(C)CCCN(C)C1=N. The van der Waals surface area contributed by atoms with Gasteiger partial charge in [0, 0.05) is 20.0 Å². The van der Waals surface area contributed by atoms with Gasteiger partial charge in [0.1, 0.15) is 0 Å². The predicted octanol–water partition coefficient (Wildman–Crippen LogP) is 1.50. The molecule has 1 fully saturated rings. The number of quaternary nitrogens is 1. The van der Waals surface area contributed by atoms with Gasteiger partial charge in [-0.15, -0.1) is 0 Å². The van der Waals surface area contributed by atoms with Crippen LogP contribution in [0, 0.1) is 5.41 Å². The van der Waals surface area contributed by atoms with E-state index < -0.39 is 0 Å². The molecule has 3 nitrogen and oxygen atoms in total. The van der Waals surface area contributed by atoms with Crippen molar-refractivity contribution in [3.05, 3.63) is 0 Å². The van der Waals surface area contributed by atoms with Gasteiger partial charge in [-0.05, 0) is 6.42 Å². The van der Waals surface area contributed by atoms with Gasteiger partial charge in [-0.25, -0.2) is 5.41 Å². The molecule has 1 N–H and O–H groups in total. The maximum Gasteiger partial charge on any atom is 0.296 e. The van der Waals surface area contributed by atoms with Crippen LogP contribution in [0.15, 0.2) is 0 Å². The highest BCUT2D eigenvalue weighted by Gasteiger charge is 2.33. The van der Waals surface area contributed by atoms with Crippen LogP contribution in [0.1, 0.15) is 26.2 Å². The molecule has 1 atom stereocenters. The normalized spacial score (nSPS) is 29.5. The van der Waals surface area contributed by atoms with Gasteiger partial charge >= 0.3 is 0 Å². The third-order valence-electron chi connectivity index (χ3n) is 3.02. The minimum atomic E-state index is 0.791. The first kappa shape index (κ1) is 10.5. The largest absolute Gasteiger partial charge is 0.314 e. The lowest BCUT2D eigenvalue weighted by Crippen LogP contribution is -2.60. The Balaban J connectivity index is 2.58. The second-order valence-corrected chi connectivity index (χ2v) is 4.30. The summed E-state index contributed by atoms with van der Waals surface area (Å²) in [6.07, 6.45) is 3.68. The molecule has 0 aromatic heterocycles. The monoisotopic (exact) mass is 184 g/mol. The molecule has 13 heavy (non-hydrogen) atoms. The quantitative estimate of drug-likeness (QED) is 0.661. The van der Waals surface area contributed by atoms with Crippen molar-refractivity contribution in [1.29, 1.82) is 5.41 Å². The van der Waals surface area contributed by atoms with Crippen LogP contribution in [0.5, 0.6) is 0 Å². The number of rotatable bonds is 3. The summed E-state index contributed by atoms with van der Waals surface area (Å²) in [4.78, 5) is 2.08. The lowest BCUT2D eigenvalue weighted by atomic mass is 10.2. The number of hydrogen-bond acceptors (Lipinski definition) is 1.